The molecular weight excluding hydrogens is 326 g/mol. The molecule has 2 heterocycles. The molecule has 0 radical (unpaired) electrons. The Labute approximate surface area is 152 Å². The molecule has 5 nitrogen and oxygen atoms in total. The van der Waals surface area contributed by atoms with E-state index in [0.717, 1.165) is 16.7 Å². The maximum Gasteiger partial charge on any atom is 0.254 e. The second kappa shape index (κ2) is 6.16. The second-order valence-electron chi connectivity index (χ2n) is 6.57. The fourth-order valence-corrected chi connectivity index (χ4v) is 3.51. The first-order chi connectivity index (χ1) is 12.6. The van der Waals surface area contributed by atoms with Gasteiger partial charge < -0.3 is 9.80 Å². The molecule has 0 aromatic heterocycles. The molecule has 128 valence electrons. The van der Waals surface area contributed by atoms with Crippen molar-refractivity contribution in [1.29, 1.82) is 0 Å². The van der Waals surface area contributed by atoms with E-state index in [1.807, 2.05) is 41.3 Å². The van der Waals surface area contributed by atoms with Gasteiger partial charge in [0.25, 0.3) is 5.91 Å². The van der Waals surface area contributed by atoms with Crippen LogP contribution in [0, 0.1) is 6.57 Å². The van der Waals surface area contributed by atoms with Gasteiger partial charge in [0.2, 0.25) is 5.91 Å². The van der Waals surface area contributed by atoms with Gasteiger partial charge >= 0.3 is 0 Å². The Balaban J connectivity index is 1.55. The summed E-state index contributed by atoms with van der Waals surface area (Å²) in [6.07, 6.45) is 1.31. The first-order valence-electron chi connectivity index (χ1n) is 8.44. The van der Waals surface area contributed by atoms with Gasteiger partial charge in [-0.05, 0) is 34.9 Å². The molecule has 0 unspecified atom stereocenters. The molecule has 0 spiro atoms. The van der Waals surface area contributed by atoms with Crippen LogP contribution in [0.2, 0.25) is 0 Å². The summed E-state index contributed by atoms with van der Waals surface area (Å²) in [6, 6.07) is 13.3. The van der Waals surface area contributed by atoms with Crippen molar-refractivity contribution in [2.24, 2.45) is 0 Å². The number of rotatable bonds is 3. The van der Waals surface area contributed by atoms with E-state index in [-0.39, 0.29) is 17.9 Å². The van der Waals surface area contributed by atoms with Crippen LogP contribution in [-0.2, 0) is 11.3 Å². The maximum absolute atomic E-state index is 12.8. The van der Waals surface area contributed by atoms with Crippen LogP contribution in [0.25, 0.3) is 16.0 Å². The van der Waals surface area contributed by atoms with Crippen molar-refractivity contribution >= 4 is 17.5 Å². The lowest BCUT2D eigenvalue weighted by Gasteiger charge is -2.43. The van der Waals surface area contributed by atoms with Gasteiger partial charge in [-0.3, -0.25) is 9.59 Å². The predicted octanol–water partition coefficient (Wildman–Crippen LogP) is 3.26. The van der Waals surface area contributed by atoms with Gasteiger partial charge in [-0.1, -0.05) is 36.9 Å². The molecule has 0 bridgehead atoms. The zero-order chi connectivity index (χ0) is 18.3. The Kier molecular flexibility index (Phi) is 3.81. The highest BCUT2D eigenvalue weighted by Crippen LogP contribution is 2.32. The van der Waals surface area contributed by atoms with E-state index in [2.05, 4.69) is 11.4 Å². The van der Waals surface area contributed by atoms with E-state index in [1.165, 1.54) is 6.08 Å². The molecule has 1 saturated heterocycles. The van der Waals surface area contributed by atoms with Crippen molar-refractivity contribution < 1.29 is 9.59 Å². The molecule has 0 saturated carbocycles. The first-order valence-corrected chi connectivity index (χ1v) is 8.44. The number of nitrogens with zero attached hydrogens (tertiary/aromatic N) is 3. The van der Waals surface area contributed by atoms with Crippen LogP contribution in [0.4, 0.5) is 5.69 Å². The largest absolute Gasteiger partial charge is 0.335 e. The highest BCUT2D eigenvalue weighted by atomic mass is 16.2. The quantitative estimate of drug-likeness (QED) is 0.634. The Bertz CT molecular complexity index is 967. The molecule has 2 aliphatic rings. The molecule has 5 heteroatoms. The molecule has 26 heavy (non-hydrogen) atoms. The fourth-order valence-electron chi connectivity index (χ4n) is 3.51. The Morgan fingerprint density at radius 2 is 1.96 bits per heavy atom. The molecule has 4 rings (SSSR count). The van der Waals surface area contributed by atoms with Gasteiger partial charge in [-0.15, -0.1) is 0 Å². The normalized spacial score (nSPS) is 16.0. The van der Waals surface area contributed by atoms with Crippen molar-refractivity contribution in [2.45, 2.75) is 12.6 Å². The Morgan fingerprint density at radius 1 is 1.19 bits per heavy atom. The zero-order valence-electron chi connectivity index (χ0n) is 14.2. The number of fused-ring (bicyclic) bond motifs is 1. The molecule has 0 atom stereocenters. The van der Waals surface area contributed by atoms with Gasteiger partial charge in [0.1, 0.15) is 0 Å². The molecule has 2 aromatic carbocycles. The second-order valence-corrected chi connectivity index (χ2v) is 6.57. The topological polar surface area (TPSA) is 45.0 Å². The van der Waals surface area contributed by atoms with Gasteiger partial charge in [-0.2, -0.15) is 0 Å². The number of hydrogen-bond donors (Lipinski definition) is 0. The minimum Gasteiger partial charge on any atom is -0.335 e. The van der Waals surface area contributed by atoms with Crippen LogP contribution < -0.4 is 0 Å². The van der Waals surface area contributed by atoms with Gasteiger partial charge in [0, 0.05) is 25.2 Å². The van der Waals surface area contributed by atoms with E-state index < -0.39 is 0 Å². The number of amides is 2. The SMILES string of the molecule is [C-]#[N+]c1cccc(-c2ccc3c(c2)C(=O)N(C2CN(C(=O)C=C)C2)C3)c1. The van der Waals surface area contributed by atoms with Crippen molar-refractivity contribution in [3.8, 4) is 11.1 Å². The van der Waals surface area contributed by atoms with Crippen molar-refractivity contribution in [2.75, 3.05) is 13.1 Å². The minimum absolute atomic E-state index is 0.0129. The average Bonchev–Trinajstić information content (AvgIpc) is 2.96. The van der Waals surface area contributed by atoms with E-state index in [4.69, 9.17) is 6.57 Å². The van der Waals surface area contributed by atoms with Crippen LogP contribution in [0.15, 0.2) is 55.1 Å². The van der Waals surface area contributed by atoms with Crippen LogP contribution >= 0.6 is 0 Å². The highest BCUT2D eigenvalue weighted by Gasteiger charge is 2.40. The molecule has 2 amide bonds. The first kappa shape index (κ1) is 16.1. The lowest BCUT2D eigenvalue weighted by atomic mass is 10.00. The van der Waals surface area contributed by atoms with Gasteiger partial charge in [0.15, 0.2) is 5.69 Å². The summed E-state index contributed by atoms with van der Waals surface area (Å²) < 4.78 is 0. The smallest absolute Gasteiger partial charge is 0.254 e. The number of carbonyl (C=O) groups is 2. The molecular formula is C21H17N3O2. The molecule has 0 aliphatic carbocycles. The molecule has 2 aliphatic heterocycles. The number of carbonyl (C=O) groups excluding carboxylic acids is 2. The summed E-state index contributed by atoms with van der Waals surface area (Å²) in [5, 5.41) is 0. The predicted molar refractivity (Wildman–Crippen MR) is 98.6 cm³/mol. The third-order valence-electron chi connectivity index (χ3n) is 5.04. The standard InChI is InChI=1S/C21H17N3O2/c1-3-20(25)23-12-18(13-23)24-11-16-8-7-15(10-19(16)21(24)26)14-5-4-6-17(9-14)22-2/h3-10,18H,1,11-13H2. The third-order valence-corrected chi connectivity index (χ3v) is 5.04. The average molecular weight is 343 g/mol. The molecule has 0 N–H and O–H groups in total. The van der Waals surface area contributed by atoms with Gasteiger partial charge in [0.05, 0.1) is 12.6 Å². The zero-order valence-corrected chi connectivity index (χ0v) is 14.2. The lowest BCUT2D eigenvalue weighted by molar-refractivity contribution is -0.132. The van der Waals surface area contributed by atoms with Gasteiger partial charge in [-0.25, -0.2) is 4.85 Å². The fraction of sp³-hybridized carbons (Fsp3) is 0.190. The maximum atomic E-state index is 12.8. The Morgan fingerprint density at radius 3 is 2.69 bits per heavy atom. The number of likely N-dealkylation sites (tertiary alicyclic amines) is 1. The minimum atomic E-state index is -0.0904. The van der Waals surface area contributed by atoms with Crippen molar-refractivity contribution in [3.05, 3.63) is 77.7 Å². The van der Waals surface area contributed by atoms with Crippen LogP contribution in [0.1, 0.15) is 15.9 Å². The third kappa shape index (κ3) is 2.56. The Hall–Kier alpha value is -3.39. The van der Waals surface area contributed by atoms with E-state index >= 15 is 0 Å². The number of benzene rings is 2. The van der Waals surface area contributed by atoms with E-state index in [0.29, 0.717) is 30.9 Å². The van der Waals surface area contributed by atoms with Crippen molar-refractivity contribution in [1.82, 2.24) is 9.80 Å². The molecule has 1 fully saturated rings. The van der Waals surface area contributed by atoms with Crippen molar-refractivity contribution in [3.63, 3.8) is 0 Å². The van der Waals surface area contributed by atoms with E-state index in [9.17, 15) is 9.59 Å². The summed E-state index contributed by atoms with van der Waals surface area (Å²) in [6.45, 7) is 12.3. The summed E-state index contributed by atoms with van der Waals surface area (Å²) in [5.74, 6) is -0.0775. The summed E-state index contributed by atoms with van der Waals surface area (Å²) in [7, 11) is 0. The van der Waals surface area contributed by atoms with Crippen LogP contribution in [0.3, 0.4) is 0 Å². The highest BCUT2D eigenvalue weighted by molar-refractivity contribution is 6.00. The van der Waals surface area contributed by atoms with Crippen LogP contribution in [-0.4, -0.2) is 40.7 Å². The summed E-state index contributed by atoms with van der Waals surface area (Å²) in [4.78, 5) is 31.4. The monoisotopic (exact) mass is 343 g/mol. The number of hydrogen-bond acceptors (Lipinski definition) is 2. The van der Waals surface area contributed by atoms with E-state index in [1.54, 1.807) is 11.0 Å². The summed E-state index contributed by atoms with van der Waals surface area (Å²) >= 11 is 0. The van der Waals surface area contributed by atoms with Crippen LogP contribution in [0.5, 0.6) is 0 Å². The summed E-state index contributed by atoms with van der Waals surface area (Å²) in [5.41, 5.74) is 4.16. The lowest BCUT2D eigenvalue weighted by Crippen LogP contribution is -2.60. The molecule has 2 aromatic rings.